The Balaban J connectivity index is 1.72. The number of benzene rings is 3. The van der Waals surface area contributed by atoms with Crippen molar-refractivity contribution in [3.8, 4) is 0 Å². The topological polar surface area (TPSA) is 34.1 Å². The van der Waals surface area contributed by atoms with Gasteiger partial charge in [0.25, 0.3) is 0 Å². The first-order valence-corrected chi connectivity index (χ1v) is 11.5. The number of sulfone groups is 1. The van der Waals surface area contributed by atoms with Crippen LogP contribution >= 0.6 is 23.4 Å². The predicted molar refractivity (Wildman–Crippen MR) is 113 cm³/mol. The van der Waals surface area contributed by atoms with E-state index in [4.69, 9.17) is 11.6 Å². The average molecular weight is 431 g/mol. The number of rotatable bonds is 4. The molecule has 0 amide bonds. The van der Waals surface area contributed by atoms with Crippen LogP contribution in [0.3, 0.4) is 0 Å². The number of thioether (sulfide) groups is 1. The zero-order chi connectivity index (χ0) is 19.7. The Hall–Kier alpha value is -2.08. The van der Waals surface area contributed by atoms with Crippen LogP contribution in [0.1, 0.15) is 21.9 Å². The molecule has 6 heteroatoms. The van der Waals surface area contributed by atoms with Crippen LogP contribution in [-0.2, 0) is 16.3 Å². The maximum absolute atomic E-state index is 13.2. The zero-order valence-corrected chi connectivity index (χ0v) is 17.1. The van der Waals surface area contributed by atoms with Gasteiger partial charge in [0.2, 0.25) is 0 Å². The van der Waals surface area contributed by atoms with Gasteiger partial charge in [-0.3, -0.25) is 0 Å². The van der Waals surface area contributed by atoms with Crippen molar-refractivity contribution < 1.29 is 12.8 Å². The summed E-state index contributed by atoms with van der Waals surface area (Å²) in [6.45, 7) is 0. The highest BCUT2D eigenvalue weighted by molar-refractivity contribution is 8.09. The second-order valence-corrected chi connectivity index (χ2v) is 10.1. The highest BCUT2D eigenvalue weighted by atomic mass is 35.5. The first-order chi connectivity index (χ1) is 13.4. The second kappa shape index (κ2) is 7.74. The van der Waals surface area contributed by atoms with Crippen molar-refractivity contribution >= 4 is 38.1 Å². The fraction of sp³-hybridized carbons (Fsp3) is 0.0909. The fourth-order valence-electron chi connectivity index (χ4n) is 3.24. The van der Waals surface area contributed by atoms with E-state index in [2.05, 4.69) is 0 Å². The molecule has 3 aromatic rings. The molecule has 1 aliphatic rings. The molecule has 1 aliphatic heterocycles. The molecule has 0 N–H and O–H groups in total. The summed E-state index contributed by atoms with van der Waals surface area (Å²) in [5, 5.41) is 1.31. The van der Waals surface area contributed by atoms with E-state index < -0.39 is 15.1 Å². The van der Waals surface area contributed by atoms with Crippen LogP contribution in [0, 0.1) is 5.82 Å². The Labute approximate surface area is 173 Å². The van der Waals surface area contributed by atoms with Gasteiger partial charge in [-0.15, -0.1) is 0 Å². The minimum absolute atomic E-state index is 0.301. The Morgan fingerprint density at radius 1 is 0.929 bits per heavy atom. The van der Waals surface area contributed by atoms with E-state index in [-0.39, 0.29) is 5.82 Å². The number of fused-ring (bicyclic) bond motifs is 1. The van der Waals surface area contributed by atoms with Gasteiger partial charge in [-0.25, -0.2) is 12.8 Å². The summed E-state index contributed by atoms with van der Waals surface area (Å²) in [5.74, 6) is -0.336. The summed E-state index contributed by atoms with van der Waals surface area (Å²) in [6, 6.07) is 20.8. The van der Waals surface area contributed by atoms with Gasteiger partial charge in [-0.05, 0) is 59.5 Å². The molecule has 1 unspecified atom stereocenters. The van der Waals surface area contributed by atoms with Crippen molar-refractivity contribution in [1.29, 1.82) is 0 Å². The highest BCUT2D eigenvalue weighted by Gasteiger charge is 2.33. The lowest BCUT2D eigenvalue weighted by molar-refractivity contribution is 0.589. The molecule has 2 nitrogen and oxygen atoms in total. The number of hydrogen-bond donors (Lipinski definition) is 0. The van der Waals surface area contributed by atoms with Gasteiger partial charge in [-0.2, -0.15) is 0 Å². The number of hydrogen-bond acceptors (Lipinski definition) is 3. The molecular weight excluding hydrogens is 415 g/mol. The van der Waals surface area contributed by atoms with E-state index in [9.17, 15) is 12.8 Å². The molecule has 1 heterocycles. The normalized spacial score (nSPS) is 17.6. The molecule has 4 rings (SSSR count). The molecule has 0 aromatic heterocycles. The van der Waals surface area contributed by atoms with Gasteiger partial charge < -0.3 is 0 Å². The molecule has 0 aliphatic carbocycles. The van der Waals surface area contributed by atoms with E-state index in [0.29, 0.717) is 16.3 Å². The Morgan fingerprint density at radius 3 is 2.32 bits per heavy atom. The molecule has 28 heavy (non-hydrogen) atoms. The molecule has 3 aromatic carbocycles. The van der Waals surface area contributed by atoms with Crippen LogP contribution in [0.4, 0.5) is 4.39 Å². The Kier molecular flexibility index (Phi) is 5.32. The van der Waals surface area contributed by atoms with E-state index in [1.165, 1.54) is 29.3 Å². The van der Waals surface area contributed by atoms with Crippen molar-refractivity contribution in [3.05, 3.63) is 106 Å². The smallest absolute Gasteiger partial charge is 0.180 e. The third-order valence-corrected chi connectivity index (χ3v) is 7.86. The molecular formula is C22H16ClFO2S2. The summed E-state index contributed by atoms with van der Waals surface area (Å²) in [4.78, 5) is 1.60. The van der Waals surface area contributed by atoms with Crippen LogP contribution in [-0.4, -0.2) is 8.42 Å². The lowest BCUT2D eigenvalue weighted by atomic mass is 9.99. The largest absolute Gasteiger partial charge is 0.224 e. The first-order valence-electron chi connectivity index (χ1n) is 8.65. The fourth-order valence-corrected chi connectivity index (χ4v) is 6.36. The third-order valence-electron chi connectivity index (χ3n) is 4.62. The Morgan fingerprint density at radius 2 is 1.61 bits per heavy atom. The zero-order valence-electron chi connectivity index (χ0n) is 14.7. The monoisotopic (exact) mass is 430 g/mol. The lowest BCUT2D eigenvalue weighted by Crippen LogP contribution is -2.19. The molecule has 0 spiro atoms. The SMILES string of the molecule is O=S1(=O)C=C(Sc2ccc(Cl)cc2)c2ccccc2C1Cc1ccc(F)cc1. The maximum atomic E-state index is 13.2. The molecule has 0 bridgehead atoms. The molecule has 142 valence electrons. The van der Waals surface area contributed by atoms with Gasteiger partial charge >= 0.3 is 0 Å². The van der Waals surface area contributed by atoms with Gasteiger partial charge in [0.15, 0.2) is 9.84 Å². The molecule has 1 atom stereocenters. The maximum Gasteiger partial charge on any atom is 0.180 e. The summed E-state index contributed by atoms with van der Waals surface area (Å²) < 4.78 is 39.4. The first kappa shape index (κ1) is 19.2. The van der Waals surface area contributed by atoms with Gasteiger partial charge in [0, 0.05) is 20.2 Å². The minimum Gasteiger partial charge on any atom is -0.224 e. The van der Waals surface area contributed by atoms with Crippen LogP contribution < -0.4 is 0 Å². The van der Waals surface area contributed by atoms with Crippen LogP contribution in [0.25, 0.3) is 4.91 Å². The predicted octanol–water partition coefficient (Wildman–Crippen LogP) is 6.28. The van der Waals surface area contributed by atoms with Gasteiger partial charge in [0.1, 0.15) is 5.82 Å². The molecule has 0 saturated carbocycles. The van der Waals surface area contributed by atoms with Crippen molar-refractivity contribution in [1.82, 2.24) is 0 Å². The van der Waals surface area contributed by atoms with Gasteiger partial charge in [-0.1, -0.05) is 59.8 Å². The van der Waals surface area contributed by atoms with Gasteiger partial charge in [0.05, 0.1) is 5.25 Å². The minimum atomic E-state index is -3.53. The van der Waals surface area contributed by atoms with Crippen LogP contribution in [0.5, 0.6) is 0 Å². The standard InChI is InChI=1S/C22H16ClFO2S2/c23-16-7-11-18(12-8-16)27-21-14-28(25,26)22(20-4-2-1-3-19(20)21)13-15-5-9-17(24)10-6-15/h1-12,14,22H,13H2. The average Bonchev–Trinajstić information content (AvgIpc) is 2.68. The van der Waals surface area contributed by atoms with Crippen molar-refractivity contribution in [3.63, 3.8) is 0 Å². The van der Waals surface area contributed by atoms with E-state index in [0.717, 1.165) is 21.6 Å². The summed E-state index contributed by atoms with van der Waals surface area (Å²) >= 11 is 7.35. The Bertz CT molecular complexity index is 1140. The second-order valence-electron chi connectivity index (χ2n) is 6.53. The van der Waals surface area contributed by atoms with Crippen molar-refractivity contribution in [2.45, 2.75) is 16.6 Å². The summed E-state index contributed by atoms with van der Waals surface area (Å²) in [5.41, 5.74) is 2.46. The quantitative estimate of drug-likeness (QED) is 0.488. The highest BCUT2D eigenvalue weighted by Crippen LogP contribution is 2.45. The van der Waals surface area contributed by atoms with E-state index >= 15 is 0 Å². The third kappa shape index (κ3) is 4.02. The van der Waals surface area contributed by atoms with E-state index in [1.807, 2.05) is 36.4 Å². The number of halogens is 2. The van der Waals surface area contributed by atoms with Crippen molar-refractivity contribution in [2.75, 3.05) is 0 Å². The summed E-state index contributed by atoms with van der Waals surface area (Å²) in [7, 11) is -3.53. The van der Waals surface area contributed by atoms with Crippen molar-refractivity contribution in [2.24, 2.45) is 0 Å². The summed E-state index contributed by atoms with van der Waals surface area (Å²) in [6.07, 6.45) is 0.301. The van der Waals surface area contributed by atoms with Crippen LogP contribution in [0.15, 0.2) is 83.1 Å². The van der Waals surface area contributed by atoms with Crippen LogP contribution in [0.2, 0.25) is 5.02 Å². The molecule has 0 fully saturated rings. The molecule has 0 saturated heterocycles. The van der Waals surface area contributed by atoms with E-state index in [1.54, 1.807) is 24.3 Å². The lowest BCUT2D eigenvalue weighted by Gasteiger charge is -2.25. The molecule has 0 radical (unpaired) electrons.